The predicted molar refractivity (Wildman–Crippen MR) is 62.8 cm³/mol. The molecule has 0 saturated carbocycles. The van der Waals surface area contributed by atoms with Gasteiger partial charge in [-0.15, -0.1) is 0 Å². The molecule has 2 rings (SSSR count). The lowest BCUT2D eigenvalue weighted by Gasteiger charge is -2.32. The van der Waals surface area contributed by atoms with E-state index in [9.17, 15) is 4.79 Å². The number of rotatable bonds is 2. The van der Waals surface area contributed by atoms with Crippen molar-refractivity contribution in [2.75, 3.05) is 0 Å². The number of amides is 1. The fourth-order valence-corrected chi connectivity index (χ4v) is 2.11. The van der Waals surface area contributed by atoms with Crippen molar-refractivity contribution < 1.29 is 9.53 Å². The van der Waals surface area contributed by atoms with Crippen molar-refractivity contribution in [1.29, 1.82) is 0 Å². The smallest absolute Gasteiger partial charge is 0.265 e. The number of allylic oxidation sites excluding steroid dienone is 3. The molecule has 1 heterocycles. The third kappa shape index (κ3) is 1.88. The maximum absolute atomic E-state index is 11.6. The summed E-state index contributed by atoms with van der Waals surface area (Å²) < 4.78 is 5.70. The van der Waals surface area contributed by atoms with E-state index in [0.29, 0.717) is 18.7 Å². The predicted octanol–water partition coefficient (Wildman–Crippen LogP) is 1.68. The Kier molecular flexibility index (Phi) is 3.08. The van der Waals surface area contributed by atoms with E-state index < -0.39 is 0 Å². The highest BCUT2D eigenvalue weighted by molar-refractivity contribution is 6.10. The largest absolute Gasteiger partial charge is 0.483 e. The summed E-state index contributed by atoms with van der Waals surface area (Å²) in [6.07, 6.45) is 3.68. The fraction of sp³-hybridized carbons (Fsp3) is 0.583. The molecule has 3 nitrogen and oxygen atoms in total. The van der Waals surface area contributed by atoms with Crippen LogP contribution in [0.2, 0.25) is 6.32 Å². The SMILES string of the molecule is [B]CC1=CC2=C(CC1C)OC(CC)C(=O)N2. The average Bonchev–Trinajstić information content (AvgIpc) is 2.28. The molecule has 1 aliphatic carbocycles. The van der Waals surface area contributed by atoms with Gasteiger partial charge in [-0.05, 0) is 18.4 Å². The number of hydrogen-bond acceptors (Lipinski definition) is 2. The topological polar surface area (TPSA) is 38.3 Å². The van der Waals surface area contributed by atoms with Crippen molar-refractivity contribution in [2.24, 2.45) is 5.92 Å². The maximum atomic E-state index is 11.6. The zero-order valence-corrected chi connectivity index (χ0v) is 9.75. The number of carbonyl (C=O) groups is 1. The molecule has 1 amide bonds. The molecule has 16 heavy (non-hydrogen) atoms. The van der Waals surface area contributed by atoms with Crippen molar-refractivity contribution in [1.82, 2.24) is 5.32 Å². The van der Waals surface area contributed by atoms with E-state index in [0.717, 1.165) is 23.5 Å². The van der Waals surface area contributed by atoms with E-state index in [1.807, 2.05) is 13.0 Å². The standard InChI is InChI=1S/C12H16BNO2/c1-3-10-12(15)14-9-5-8(6-13)7(2)4-11(9)16-10/h5,7,10H,3-4,6H2,1-2H3,(H,14,15). The quantitative estimate of drug-likeness (QED) is 0.714. The monoisotopic (exact) mass is 217 g/mol. The van der Waals surface area contributed by atoms with Crippen LogP contribution in [0.1, 0.15) is 26.7 Å². The lowest BCUT2D eigenvalue weighted by Crippen LogP contribution is -2.41. The van der Waals surface area contributed by atoms with Crippen molar-refractivity contribution in [3.8, 4) is 0 Å². The Balaban J connectivity index is 2.26. The minimum atomic E-state index is -0.334. The normalized spacial score (nSPS) is 29.1. The fourth-order valence-electron chi connectivity index (χ4n) is 2.11. The van der Waals surface area contributed by atoms with Crippen LogP contribution < -0.4 is 5.32 Å². The second-order valence-electron chi connectivity index (χ2n) is 4.37. The third-order valence-corrected chi connectivity index (χ3v) is 3.20. The molecule has 2 radical (unpaired) electrons. The Morgan fingerprint density at radius 2 is 2.38 bits per heavy atom. The minimum absolute atomic E-state index is 0.0524. The Labute approximate surface area is 97.3 Å². The molecule has 0 fully saturated rings. The maximum Gasteiger partial charge on any atom is 0.265 e. The zero-order chi connectivity index (χ0) is 11.7. The molecule has 0 spiro atoms. The summed E-state index contributed by atoms with van der Waals surface area (Å²) in [5.74, 6) is 1.25. The Morgan fingerprint density at radius 1 is 1.62 bits per heavy atom. The molecule has 84 valence electrons. The summed E-state index contributed by atoms with van der Waals surface area (Å²) in [5.41, 5.74) is 1.96. The molecule has 2 atom stereocenters. The summed E-state index contributed by atoms with van der Waals surface area (Å²) in [6, 6.07) is 0. The van der Waals surface area contributed by atoms with E-state index >= 15 is 0 Å². The molecule has 4 heteroatoms. The van der Waals surface area contributed by atoms with Gasteiger partial charge in [0.2, 0.25) is 0 Å². The van der Waals surface area contributed by atoms with Gasteiger partial charge in [0.1, 0.15) is 5.76 Å². The molecule has 0 bridgehead atoms. The summed E-state index contributed by atoms with van der Waals surface area (Å²) in [6.45, 7) is 4.08. The number of hydrogen-bond donors (Lipinski definition) is 1. The molecular weight excluding hydrogens is 201 g/mol. The highest BCUT2D eigenvalue weighted by Gasteiger charge is 2.30. The van der Waals surface area contributed by atoms with Crippen LogP contribution in [0.15, 0.2) is 23.1 Å². The Hall–Kier alpha value is -1.19. The van der Waals surface area contributed by atoms with Crippen LogP contribution in [0.4, 0.5) is 0 Å². The zero-order valence-electron chi connectivity index (χ0n) is 9.75. The van der Waals surface area contributed by atoms with Gasteiger partial charge in [0.15, 0.2) is 6.10 Å². The molecule has 1 N–H and O–H groups in total. The van der Waals surface area contributed by atoms with Crippen molar-refractivity contribution in [3.05, 3.63) is 23.1 Å². The summed E-state index contributed by atoms with van der Waals surface area (Å²) in [7, 11) is 5.66. The number of nitrogens with one attached hydrogen (secondary N) is 1. The van der Waals surface area contributed by atoms with Crippen LogP contribution in [0.5, 0.6) is 0 Å². The lowest BCUT2D eigenvalue weighted by atomic mass is 9.82. The van der Waals surface area contributed by atoms with Gasteiger partial charge >= 0.3 is 0 Å². The highest BCUT2D eigenvalue weighted by Crippen LogP contribution is 2.33. The van der Waals surface area contributed by atoms with Crippen LogP contribution in [0.3, 0.4) is 0 Å². The van der Waals surface area contributed by atoms with Gasteiger partial charge in [-0.25, -0.2) is 0 Å². The third-order valence-electron chi connectivity index (χ3n) is 3.20. The number of ether oxygens (including phenoxy) is 1. The molecule has 2 aliphatic rings. The van der Waals surface area contributed by atoms with Gasteiger partial charge in [0.25, 0.3) is 5.91 Å². The molecule has 1 aliphatic heterocycles. The van der Waals surface area contributed by atoms with Gasteiger partial charge < -0.3 is 10.1 Å². The average molecular weight is 217 g/mol. The second kappa shape index (κ2) is 4.36. The van der Waals surface area contributed by atoms with Crippen LogP contribution in [0, 0.1) is 5.92 Å². The first-order valence-corrected chi connectivity index (χ1v) is 5.76. The summed E-state index contributed by atoms with van der Waals surface area (Å²) in [4.78, 5) is 11.6. The van der Waals surface area contributed by atoms with Crippen molar-refractivity contribution in [3.63, 3.8) is 0 Å². The van der Waals surface area contributed by atoms with Crippen LogP contribution in [-0.4, -0.2) is 19.9 Å². The van der Waals surface area contributed by atoms with Gasteiger partial charge in [-0.3, -0.25) is 4.79 Å². The molecule has 0 aromatic heterocycles. The molecule has 0 saturated heterocycles. The summed E-state index contributed by atoms with van der Waals surface area (Å²) >= 11 is 0. The lowest BCUT2D eigenvalue weighted by molar-refractivity contribution is -0.132. The first-order valence-electron chi connectivity index (χ1n) is 5.76. The molecule has 0 aromatic rings. The van der Waals surface area contributed by atoms with Crippen LogP contribution in [0.25, 0.3) is 0 Å². The minimum Gasteiger partial charge on any atom is -0.483 e. The van der Waals surface area contributed by atoms with E-state index in [1.165, 1.54) is 0 Å². The highest BCUT2D eigenvalue weighted by atomic mass is 16.5. The number of carbonyl (C=O) groups excluding carboxylic acids is 1. The molecule has 2 unspecified atom stereocenters. The van der Waals surface area contributed by atoms with Crippen LogP contribution >= 0.6 is 0 Å². The second-order valence-corrected chi connectivity index (χ2v) is 4.37. The van der Waals surface area contributed by atoms with Crippen LogP contribution in [-0.2, 0) is 9.53 Å². The van der Waals surface area contributed by atoms with E-state index in [2.05, 4.69) is 12.2 Å². The van der Waals surface area contributed by atoms with Crippen molar-refractivity contribution in [2.45, 2.75) is 39.1 Å². The van der Waals surface area contributed by atoms with E-state index in [-0.39, 0.29) is 12.0 Å². The Morgan fingerprint density at radius 3 is 3.00 bits per heavy atom. The Bertz CT molecular complexity index is 373. The van der Waals surface area contributed by atoms with Gasteiger partial charge in [-0.1, -0.05) is 25.7 Å². The molecule has 0 aromatic carbocycles. The first-order chi connectivity index (χ1) is 7.65. The van der Waals surface area contributed by atoms with Crippen molar-refractivity contribution >= 4 is 13.8 Å². The van der Waals surface area contributed by atoms with E-state index in [4.69, 9.17) is 12.6 Å². The first kappa shape index (κ1) is 11.3. The molecular formula is C12H16BNO2. The van der Waals surface area contributed by atoms with Gasteiger partial charge in [0.05, 0.1) is 13.5 Å². The van der Waals surface area contributed by atoms with Gasteiger partial charge in [0, 0.05) is 6.42 Å². The summed E-state index contributed by atoms with van der Waals surface area (Å²) in [5, 5.41) is 2.89. The van der Waals surface area contributed by atoms with E-state index in [1.54, 1.807) is 0 Å². The van der Waals surface area contributed by atoms with Gasteiger partial charge in [-0.2, -0.15) is 0 Å².